The Hall–Kier alpha value is -0.960. The standard InChI is InChI=1S/C14H20N2S/c1-10(2)8-14-15-12-5-4-11(6-7-17)9-13(12)16(14)3/h4-5,9-10,17H,6-8H2,1-3H3. The molecule has 1 aromatic carbocycles. The van der Waals surface area contributed by atoms with Crippen molar-refractivity contribution in [2.75, 3.05) is 5.75 Å². The summed E-state index contributed by atoms with van der Waals surface area (Å²) in [6.45, 7) is 4.46. The summed E-state index contributed by atoms with van der Waals surface area (Å²) in [5, 5.41) is 0. The SMILES string of the molecule is CC(C)Cc1nc2ccc(CCS)cc2n1C. The smallest absolute Gasteiger partial charge is 0.109 e. The minimum atomic E-state index is 0.641. The van der Waals surface area contributed by atoms with Crippen LogP contribution < -0.4 is 0 Å². The van der Waals surface area contributed by atoms with Gasteiger partial charge in [0.1, 0.15) is 5.82 Å². The van der Waals surface area contributed by atoms with Crippen LogP contribution >= 0.6 is 12.6 Å². The van der Waals surface area contributed by atoms with Crippen LogP contribution in [0.15, 0.2) is 18.2 Å². The summed E-state index contributed by atoms with van der Waals surface area (Å²) in [6.07, 6.45) is 2.05. The molecule has 0 N–H and O–H groups in total. The van der Waals surface area contributed by atoms with Crippen LogP contribution in [-0.2, 0) is 19.9 Å². The molecule has 2 rings (SSSR count). The topological polar surface area (TPSA) is 17.8 Å². The minimum absolute atomic E-state index is 0.641. The third-order valence-electron chi connectivity index (χ3n) is 3.03. The molecule has 0 bridgehead atoms. The largest absolute Gasteiger partial charge is 0.331 e. The maximum Gasteiger partial charge on any atom is 0.109 e. The van der Waals surface area contributed by atoms with Crippen LogP contribution in [0.2, 0.25) is 0 Å². The van der Waals surface area contributed by atoms with Crippen molar-refractivity contribution in [3.05, 3.63) is 29.6 Å². The third-order valence-corrected chi connectivity index (χ3v) is 3.25. The summed E-state index contributed by atoms with van der Waals surface area (Å²) in [7, 11) is 2.11. The maximum absolute atomic E-state index is 4.70. The number of rotatable bonds is 4. The number of fused-ring (bicyclic) bond motifs is 1. The van der Waals surface area contributed by atoms with Gasteiger partial charge in [0.2, 0.25) is 0 Å². The first-order valence-electron chi connectivity index (χ1n) is 6.17. The first-order chi connectivity index (χ1) is 8.11. The highest BCUT2D eigenvalue weighted by molar-refractivity contribution is 7.80. The Balaban J connectivity index is 2.43. The Morgan fingerprint density at radius 1 is 1.35 bits per heavy atom. The van der Waals surface area contributed by atoms with Crippen molar-refractivity contribution in [2.45, 2.75) is 26.7 Å². The molecule has 0 unspecified atom stereocenters. The zero-order chi connectivity index (χ0) is 12.4. The first-order valence-corrected chi connectivity index (χ1v) is 6.80. The molecule has 0 spiro atoms. The summed E-state index contributed by atoms with van der Waals surface area (Å²) in [5.74, 6) is 2.71. The van der Waals surface area contributed by atoms with Gasteiger partial charge in [-0.2, -0.15) is 12.6 Å². The molecule has 0 fully saturated rings. The lowest BCUT2D eigenvalue weighted by Gasteiger charge is -2.05. The molecule has 17 heavy (non-hydrogen) atoms. The molecule has 0 saturated heterocycles. The van der Waals surface area contributed by atoms with Crippen molar-refractivity contribution >= 4 is 23.7 Å². The Morgan fingerprint density at radius 3 is 2.76 bits per heavy atom. The molecule has 0 aliphatic carbocycles. The number of hydrogen-bond donors (Lipinski definition) is 1. The van der Waals surface area contributed by atoms with Crippen LogP contribution in [0.1, 0.15) is 25.2 Å². The van der Waals surface area contributed by atoms with Crippen LogP contribution in [0.5, 0.6) is 0 Å². The predicted molar refractivity (Wildman–Crippen MR) is 76.8 cm³/mol. The van der Waals surface area contributed by atoms with E-state index in [0.29, 0.717) is 5.92 Å². The zero-order valence-electron chi connectivity index (χ0n) is 10.8. The Morgan fingerprint density at radius 2 is 2.12 bits per heavy atom. The van der Waals surface area contributed by atoms with Gasteiger partial charge in [-0.1, -0.05) is 19.9 Å². The molecule has 0 saturated carbocycles. The van der Waals surface area contributed by atoms with Gasteiger partial charge < -0.3 is 4.57 Å². The highest BCUT2D eigenvalue weighted by atomic mass is 32.1. The van der Waals surface area contributed by atoms with Crippen molar-refractivity contribution in [3.8, 4) is 0 Å². The molecule has 0 aliphatic heterocycles. The molecule has 0 radical (unpaired) electrons. The number of aromatic nitrogens is 2. The summed E-state index contributed by atoms with van der Waals surface area (Å²) in [6, 6.07) is 6.52. The normalized spacial score (nSPS) is 11.6. The van der Waals surface area contributed by atoms with E-state index in [1.807, 2.05) is 0 Å². The second-order valence-corrected chi connectivity index (χ2v) is 5.43. The summed E-state index contributed by atoms with van der Waals surface area (Å²) in [4.78, 5) is 4.70. The Bertz CT molecular complexity index is 514. The molecule has 92 valence electrons. The molecule has 1 aromatic heterocycles. The van der Waals surface area contributed by atoms with Gasteiger partial charge in [0, 0.05) is 13.5 Å². The zero-order valence-corrected chi connectivity index (χ0v) is 11.7. The molecular formula is C14H20N2S. The number of nitrogens with zero attached hydrogens (tertiary/aromatic N) is 2. The third kappa shape index (κ3) is 2.65. The lowest BCUT2D eigenvalue weighted by Crippen LogP contribution is -2.02. The predicted octanol–water partition coefficient (Wildman–Crippen LogP) is 3.24. The second-order valence-electron chi connectivity index (χ2n) is 4.98. The molecule has 0 atom stereocenters. The average molecular weight is 248 g/mol. The number of benzene rings is 1. The summed E-state index contributed by atoms with van der Waals surface area (Å²) < 4.78 is 2.22. The van der Waals surface area contributed by atoms with Crippen LogP contribution in [0.3, 0.4) is 0 Å². The maximum atomic E-state index is 4.70. The lowest BCUT2D eigenvalue weighted by molar-refractivity contribution is 0.606. The van der Waals surface area contributed by atoms with Gasteiger partial charge in [-0.15, -0.1) is 0 Å². The average Bonchev–Trinajstić information content (AvgIpc) is 2.56. The quantitative estimate of drug-likeness (QED) is 0.822. The molecule has 1 heterocycles. The van der Waals surface area contributed by atoms with E-state index in [-0.39, 0.29) is 0 Å². The molecule has 2 aromatic rings. The highest BCUT2D eigenvalue weighted by Crippen LogP contribution is 2.19. The van der Waals surface area contributed by atoms with E-state index < -0.39 is 0 Å². The van der Waals surface area contributed by atoms with E-state index in [0.717, 1.165) is 24.1 Å². The van der Waals surface area contributed by atoms with Gasteiger partial charge >= 0.3 is 0 Å². The van der Waals surface area contributed by atoms with Crippen LogP contribution in [-0.4, -0.2) is 15.3 Å². The van der Waals surface area contributed by atoms with E-state index in [1.165, 1.54) is 16.9 Å². The number of thiol groups is 1. The lowest BCUT2D eigenvalue weighted by atomic mass is 10.1. The van der Waals surface area contributed by atoms with Crippen molar-refractivity contribution < 1.29 is 0 Å². The fourth-order valence-corrected chi connectivity index (χ4v) is 2.38. The fourth-order valence-electron chi connectivity index (χ4n) is 2.12. The van der Waals surface area contributed by atoms with E-state index in [1.54, 1.807) is 0 Å². The number of hydrogen-bond acceptors (Lipinski definition) is 2. The van der Waals surface area contributed by atoms with Gasteiger partial charge in [-0.3, -0.25) is 0 Å². The summed E-state index contributed by atoms with van der Waals surface area (Å²) >= 11 is 4.28. The van der Waals surface area contributed by atoms with Crippen molar-refractivity contribution in [1.82, 2.24) is 9.55 Å². The Labute approximate surface area is 108 Å². The number of imidazole rings is 1. The van der Waals surface area contributed by atoms with E-state index in [9.17, 15) is 0 Å². The van der Waals surface area contributed by atoms with Gasteiger partial charge in [-0.05, 0) is 35.8 Å². The Kier molecular flexibility index (Phi) is 3.77. The van der Waals surface area contributed by atoms with Crippen molar-refractivity contribution in [3.63, 3.8) is 0 Å². The fraction of sp³-hybridized carbons (Fsp3) is 0.500. The molecule has 0 aliphatic rings. The minimum Gasteiger partial charge on any atom is -0.331 e. The van der Waals surface area contributed by atoms with Crippen molar-refractivity contribution in [1.29, 1.82) is 0 Å². The van der Waals surface area contributed by atoms with Gasteiger partial charge in [0.05, 0.1) is 11.0 Å². The van der Waals surface area contributed by atoms with E-state index in [4.69, 9.17) is 4.98 Å². The van der Waals surface area contributed by atoms with E-state index >= 15 is 0 Å². The molecule has 0 amide bonds. The van der Waals surface area contributed by atoms with Crippen molar-refractivity contribution in [2.24, 2.45) is 13.0 Å². The van der Waals surface area contributed by atoms with Gasteiger partial charge in [0.15, 0.2) is 0 Å². The van der Waals surface area contributed by atoms with Gasteiger partial charge in [-0.25, -0.2) is 4.98 Å². The van der Waals surface area contributed by atoms with Crippen LogP contribution in [0, 0.1) is 5.92 Å². The molecule has 2 nitrogen and oxygen atoms in total. The second kappa shape index (κ2) is 5.13. The molecule has 3 heteroatoms. The molecular weight excluding hydrogens is 228 g/mol. The monoisotopic (exact) mass is 248 g/mol. The first kappa shape index (κ1) is 12.5. The highest BCUT2D eigenvalue weighted by Gasteiger charge is 2.09. The van der Waals surface area contributed by atoms with Crippen LogP contribution in [0.25, 0.3) is 11.0 Å². The summed E-state index contributed by atoms with van der Waals surface area (Å²) in [5.41, 5.74) is 3.68. The van der Waals surface area contributed by atoms with Gasteiger partial charge in [0.25, 0.3) is 0 Å². The van der Waals surface area contributed by atoms with E-state index in [2.05, 4.69) is 56.3 Å². The number of aryl methyl sites for hydroxylation is 2. The van der Waals surface area contributed by atoms with Crippen LogP contribution in [0.4, 0.5) is 0 Å².